The molecule has 0 heterocycles. The van der Waals surface area contributed by atoms with Gasteiger partial charge in [0, 0.05) is 13.1 Å². The van der Waals surface area contributed by atoms with E-state index in [1.165, 1.54) is 0 Å². The summed E-state index contributed by atoms with van der Waals surface area (Å²) >= 11 is 0. The Balaban J connectivity index is 2.31. The maximum Gasteiger partial charge on any atom is 0.142 e. The molecule has 0 unspecified atom stereocenters. The van der Waals surface area contributed by atoms with E-state index in [9.17, 15) is 0 Å². The van der Waals surface area contributed by atoms with Crippen molar-refractivity contribution in [1.82, 2.24) is 4.90 Å². The van der Waals surface area contributed by atoms with E-state index in [1.807, 2.05) is 24.3 Å². The summed E-state index contributed by atoms with van der Waals surface area (Å²) in [5, 5.41) is 8.99. The average Bonchev–Trinajstić information content (AvgIpc) is 2.38. The Labute approximate surface area is 109 Å². The molecule has 0 aliphatic heterocycles. The van der Waals surface area contributed by atoms with E-state index in [4.69, 9.17) is 15.6 Å². The van der Waals surface area contributed by atoms with Gasteiger partial charge >= 0.3 is 0 Å². The van der Waals surface area contributed by atoms with Crippen molar-refractivity contribution in [2.45, 2.75) is 19.8 Å². The summed E-state index contributed by atoms with van der Waals surface area (Å²) in [5.74, 6) is 0.733. The minimum atomic E-state index is 0.192. The Morgan fingerprint density at radius 3 is 2.67 bits per heavy atom. The van der Waals surface area contributed by atoms with E-state index in [0.717, 1.165) is 31.7 Å². The van der Waals surface area contributed by atoms with Gasteiger partial charge in [-0.3, -0.25) is 4.90 Å². The second-order valence-electron chi connectivity index (χ2n) is 4.31. The van der Waals surface area contributed by atoms with Crippen molar-refractivity contribution in [2.75, 3.05) is 38.6 Å². The van der Waals surface area contributed by atoms with E-state index >= 15 is 0 Å². The number of hydrogen-bond acceptors (Lipinski definition) is 4. The third kappa shape index (κ3) is 5.38. The van der Waals surface area contributed by atoms with Gasteiger partial charge in [0.2, 0.25) is 0 Å². The predicted octanol–water partition coefficient (Wildman–Crippen LogP) is 1.74. The van der Waals surface area contributed by atoms with Gasteiger partial charge in [0.25, 0.3) is 0 Å². The zero-order valence-corrected chi connectivity index (χ0v) is 11.1. The van der Waals surface area contributed by atoms with Crippen molar-refractivity contribution >= 4 is 5.69 Å². The average molecular weight is 252 g/mol. The van der Waals surface area contributed by atoms with Gasteiger partial charge in [0.15, 0.2) is 0 Å². The largest absolute Gasteiger partial charge is 0.490 e. The first-order chi connectivity index (χ1) is 8.77. The van der Waals surface area contributed by atoms with Gasteiger partial charge in [-0.15, -0.1) is 0 Å². The molecular formula is C14H24N2O2. The lowest BCUT2D eigenvalue weighted by Crippen LogP contribution is -2.32. The molecular weight excluding hydrogens is 228 g/mol. The number of nitrogens with two attached hydrogens (primary N) is 1. The standard InChI is InChI=1S/C14H24N2O2/c1-2-3-8-16(9-11-17)10-12-18-14-7-5-4-6-13(14)15/h4-7,17H,2-3,8-12,15H2,1H3. The quantitative estimate of drug-likeness (QED) is 0.657. The summed E-state index contributed by atoms with van der Waals surface area (Å²) in [6.07, 6.45) is 2.31. The van der Waals surface area contributed by atoms with Crippen molar-refractivity contribution in [3.63, 3.8) is 0 Å². The van der Waals surface area contributed by atoms with Crippen LogP contribution in [-0.4, -0.2) is 42.9 Å². The summed E-state index contributed by atoms with van der Waals surface area (Å²) in [4.78, 5) is 2.21. The highest BCUT2D eigenvalue weighted by molar-refractivity contribution is 5.51. The topological polar surface area (TPSA) is 58.7 Å². The number of ether oxygens (including phenoxy) is 1. The molecule has 0 aliphatic carbocycles. The van der Waals surface area contributed by atoms with Gasteiger partial charge < -0.3 is 15.6 Å². The van der Waals surface area contributed by atoms with Gasteiger partial charge in [-0.05, 0) is 25.1 Å². The molecule has 0 saturated heterocycles. The SMILES string of the molecule is CCCCN(CCO)CCOc1ccccc1N. The molecule has 0 fully saturated rings. The van der Waals surface area contributed by atoms with E-state index in [2.05, 4.69) is 11.8 Å². The lowest BCUT2D eigenvalue weighted by Gasteiger charge is -2.21. The Morgan fingerprint density at radius 1 is 1.22 bits per heavy atom. The van der Waals surface area contributed by atoms with Crippen molar-refractivity contribution < 1.29 is 9.84 Å². The summed E-state index contributed by atoms with van der Waals surface area (Å²) in [6.45, 7) is 5.47. The van der Waals surface area contributed by atoms with E-state index < -0.39 is 0 Å². The van der Waals surface area contributed by atoms with Gasteiger partial charge in [0.1, 0.15) is 12.4 Å². The molecule has 0 bridgehead atoms. The molecule has 0 atom stereocenters. The Bertz CT molecular complexity index is 331. The molecule has 1 aromatic rings. The maximum absolute atomic E-state index is 8.99. The molecule has 1 rings (SSSR count). The number of para-hydroxylation sites is 2. The second-order valence-corrected chi connectivity index (χ2v) is 4.31. The summed E-state index contributed by atoms with van der Waals surface area (Å²) in [5.41, 5.74) is 6.46. The van der Waals surface area contributed by atoms with Gasteiger partial charge in [0.05, 0.1) is 12.3 Å². The first-order valence-corrected chi connectivity index (χ1v) is 6.58. The number of rotatable bonds is 9. The predicted molar refractivity (Wildman–Crippen MR) is 74.8 cm³/mol. The molecule has 3 N–H and O–H groups in total. The molecule has 0 amide bonds. The molecule has 0 aliphatic rings. The Hall–Kier alpha value is -1.26. The first kappa shape index (κ1) is 14.8. The third-order valence-electron chi connectivity index (χ3n) is 2.83. The monoisotopic (exact) mass is 252 g/mol. The van der Waals surface area contributed by atoms with Crippen molar-refractivity contribution in [2.24, 2.45) is 0 Å². The van der Waals surface area contributed by atoms with E-state index in [1.54, 1.807) is 0 Å². The molecule has 4 heteroatoms. The van der Waals surface area contributed by atoms with Crippen LogP contribution in [0.1, 0.15) is 19.8 Å². The maximum atomic E-state index is 8.99. The molecule has 0 saturated carbocycles. The highest BCUT2D eigenvalue weighted by atomic mass is 16.5. The van der Waals surface area contributed by atoms with E-state index in [-0.39, 0.29) is 6.61 Å². The third-order valence-corrected chi connectivity index (χ3v) is 2.83. The molecule has 0 aromatic heterocycles. The van der Waals surface area contributed by atoms with Crippen LogP contribution in [0.25, 0.3) is 0 Å². The first-order valence-electron chi connectivity index (χ1n) is 6.58. The number of anilines is 1. The van der Waals surface area contributed by atoms with Crippen LogP contribution in [0.2, 0.25) is 0 Å². The summed E-state index contributed by atoms with van der Waals surface area (Å²) in [6, 6.07) is 7.51. The van der Waals surface area contributed by atoms with Crippen molar-refractivity contribution in [1.29, 1.82) is 0 Å². The van der Waals surface area contributed by atoms with Crippen LogP contribution in [0.15, 0.2) is 24.3 Å². The fourth-order valence-corrected chi connectivity index (χ4v) is 1.76. The van der Waals surface area contributed by atoms with Crippen LogP contribution in [0.5, 0.6) is 5.75 Å². The van der Waals surface area contributed by atoms with Crippen LogP contribution in [-0.2, 0) is 0 Å². The fraction of sp³-hybridized carbons (Fsp3) is 0.571. The molecule has 1 aromatic carbocycles. The summed E-state index contributed by atoms with van der Waals surface area (Å²) in [7, 11) is 0. The highest BCUT2D eigenvalue weighted by Gasteiger charge is 2.04. The second kappa shape index (κ2) is 8.78. The smallest absolute Gasteiger partial charge is 0.142 e. The lowest BCUT2D eigenvalue weighted by molar-refractivity contribution is 0.167. The minimum Gasteiger partial charge on any atom is -0.490 e. The number of aliphatic hydroxyl groups excluding tert-OH is 1. The van der Waals surface area contributed by atoms with Crippen LogP contribution >= 0.6 is 0 Å². The van der Waals surface area contributed by atoms with Crippen LogP contribution in [0.3, 0.4) is 0 Å². The molecule has 0 spiro atoms. The number of nitrogens with zero attached hydrogens (tertiary/aromatic N) is 1. The molecule has 4 nitrogen and oxygen atoms in total. The van der Waals surface area contributed by atoms with E-state index in [0.29, 0.717) is 18.8 Å². The van der Waals surface area contributed by atoms with Crippen molar-refractivity contribution in [3.05, 3.63) is 24.3 Å². The minimum absolute atomic E-state index is 0.192. The lowest BCUT2D eigenvalue weighted by atomic mass is 10.3. The van der Waals surface area contributed by atoms with Crippen LogP contribution in [0.4, 0.5) is 5.69 Å². The van der Waals surface area contributed by atoms with Crippen LogP contribution < -0.4 is 10.5 Å². The van der Waals surface area contributed by atoms with Gasteiger partial charge in [-0.2, -0.15) is 0 Å². The number of nitrogen functional groups attached to an aromatic ring is 1. The molecule has 0 radical (unpaired) electrons. The molecule has 18 heavy (non-hydrogen) atoms. The number of unbranched alkanes of at least 4 members (excludes halogenated alkanes) is 1. The Kier molecular flexibility index (Phi) is 7.22. The summed E-state index contributed by atoms with van der Waals surface area (Å²) < 4.78 is 5.65. The Morgan fingerprint density at radius 2 is 2.00 bits per heavy atom. The van der Waals surface area contributed by atoms with Gasteiger partial charge in [-0.25, -0.2) is 0 Å². The fourth-order valence-electron chi connectivity index (χ4n) is 1.76. The number of hydrogen-bond donors (Lipinski definition) is 2. The normalized spacial score (nSPS) is 10.8. The zero-order valence-electron chi connectivity index (χ0n) is 11.1. The number of benzene rings is 1. The zero-order chi connectivity index (χ0) is 13.2. The molecule has 102 valence electrons. The van der Waals surface area contributed by atoms with Crippen molar-refractivity contribution in [3.8, 4) is 5.75 Å². The van der Waals surface area contributed by atoms with Gasteiger partial charge in [-0.1, -0.05) is 25.5 Å². The van der Waals surface area contributed by atoms with Crippen LogP contribution in [0, 0.1) is 0 Å². The number of aliphatic hydroxyl groups is 1. The highest BCUT2D eigenvalue weighted by Crippen LogP contribution is 2.19.